The highest BCUT2D eigenvalue weighted by atomic mass is 32.1. The second-order valence-corrected chi connectivity index (χ2v) is 10.6. The first-order valence-electron chi connectivity index (χ1n) is 13.1. The standard InChI is InChI=1S/C29H28N6O3S/c1-3-21-17-39-28(31-21)24-10-7-12-35(24)29(36)20-15-22(26-30-11-13-37-26)32-23(16-20)27-34-33-25(38-27)18(2)14-19-8-5-4-6-9-19/h4-6,8-9,11,13,15-18,24H,3,7,10,12,14H2,1-2H3. The fraction of sp³-hybridized carbons (Fsp3) is 0.310. The molecule has 39 heavy (non-hydrogen) atoms. The summed E-state index contributed by atoms with van der Waals surface area (Å²) < 4.78 is 11.6. The van der Waals surface area contributed by atoms with Crippen molar-refractivity contribution >= 4 is 17.2 Å². The van der Waals surface area contributed by atoms with Gasteiger partial charge in [-0.25, -0.2) is 15.0 Å². The Kier molecular flexibility index (Phi) is 7.02. The van der Waals surface area contributed by atoms with Crippen molar-refractivity contribution in [3.63, 3.8) is 0 Å². The molecule has 5 heterocycles. The third kappa shape index (κ3) is 5.24. The maximum atomic E-state index is 13.9. The molecule has 5 aromatic rings. The summed E-state index contributed by atoms with van der Waals surface area (Å²) in [6.45, 7) is 4.80. The van der Waals surface area contributed by atoms with Gasteiger partial charge >= 0.3 is 0 Å². The van der Waals surface area contributed by atoms with E-state index >= 15 is 0 Å². The summed E-state index contributed by atoms with van der Waals surface area (Å²) in [6.07, 6.45) is 6.48. The van der Waals surface area contributed by atoms with Crippen molar-refractivity contribution in [1.29, 1.82) is 0 Å². The minimum atomic E-state index is -0.0978. The third-order valence-electron chi connectivity index (χ3n) is 6.92. The van der Waals surface area contributed by atoms with Gasteiger partial charge in [0, 0.05) is 23.4 Å². The Bertz CT molecular complexity index is 1560. The highest BCUT2D eigenvalue weighted by Crippen LogP contribution is 2.36. The van der Waals surface area contributed by atoms with Gasteiger partial charge in [0.25, 0.3) is 11.8 Å². The van der Waals surface area contributed by atoms with E-state index in [0.717, 1.165) is 36.4 Å². The van der Waals surface area contributed by atoms with Crippen LogP contribution in [0.25, 0.3) is 23.2 Å². The van der Waals surface area contributed by atoms with Gasteiger partial charge in [0.15, 0.2) is 0 Å². The van der Waals surface area contributed by atoms with Gasteiger partial charge in [-0.2, -0.15) is 0 Å². The van der Waals surface area contributed by atoms with Crippen molar-refractivity contribution in [2.24, 2.45) is 0 Å². The van der Waals surface area contributed by atoms with Crippen LogP contribution < -0.4 is 0 Å². The predicted octanol–water partition coefficient (Wildman–Crippen LogP) is 6.13. The highest BCUT2D eigenvalue weighted by molar-refractivity contribution is 7.09. The van der Waals surface area contributed by atoms with Crippen LogP contribution in [0.3, 0.4) is 0 Å². The number of hydrogen-bond acceptors (Lipinski definition) is 9. The molecule has 0 spiro atoms. The number of rotatable bonds is 8. The van der Waals surface area contributed by atoms with Crippen LogP contribution in [-0.4, -0.2) is 42.5 Å². The van der Waals surface area contributed by atoms with Crippen molar-refractivity contribution in [3.05, 3.63) is 88.0 Å². The number of carbonyl (C=O) groups excluding carboxylic acids is 1. The van der Waals surface area contributed by atoms with Gasteiger partial charge in [-0.3, -0.25) is 4.79 Å². The highest BCUT2D eigenvalue weighted by Gasteiger charge is 2.33. The molecule has 1 aliphatic rings. The van der Waals surface area contributed by atoms with Gasteiger partial charge < -0.3 is 13.7 Å². The zero-order chi connectivity index (χ0) is 26.8. The molecule has 1 aliphatic heterocycles. The minimum absolute atomic E-state index is 0.0151. The van der Waals surface area contributed by atoms with Crippen LogP contribution in [0.1, 0.15) is 71.2 Å². The van der Waals surface area contributed by atoms with Gasteiger partial charge in [-0.05, 0) is 43.4 Å². The van der Waals surface area contributed by atoms with Crippen LogP contribution in [0.15, 0.2) is 69.1 Å². The molecular formula is C29H28N6O3S. The number of aryl methyl sites for hydroxylation is 1. The number of likely N-dealkylation sites (tertiary alicyclic amines) is 1. The van der Waals surface area contributed by atoms with Crippen molar-refractivity contribution < 1.29 is 13.6 Å². The van der Waals surface area contributed by atoms with Crippen molar-refractivity contribution in [2.45, 2.75) is 51.5 Å². The van der Waals surface area contributed by atoms with Gasteiger partial charge in [-0.1, -0.05) is 44.2 Å². The molecule has 0 saturated carbocycles. The molecule has 2 unspecified atom stereocenters. The van der Waals surface area contributed by atoms with Gasteiger partial charge in [0.1, 0.15) is 22.7 Å². The molecule has 0 bridgehead atoms. The Balaban J connectivity index is 1.32. The molecule has 1 aromatic carbocycles. The number of aromatic nitrogens is 5. The van der Waals surface area contributed by atoms with Crippen LogP contribution in [0.5, 0.6) is 0 Å². The summed E-state index contributed by atoms with van der Waals surface area (Å²) in [5.41, 5.74) is 3.53. The summed E-state index contributed by atoms with van der Waals surface area (Å²) in [6, 6.07) is 13.6. The molecule has 0 N–H and O–H groups in total. The minimum Gasteiger partial charge on any atom is -0.443 e. The summed E-state index contributed by atoms with van der Waals surface area (Å²) in [5, 5.41) is 11.6. The lowest BCUT2D eigenvalue weighted by atomic mass is 10.0. The van der Waals surface area contributed by atoms with Crippen LogP contribution >= 0.6 is 11.3 Å². The lowest BCUT2D eigenvalue weighted by Gasteiger charge is -2.23. The van der Waals surface area contributed by atoms with E-state index in [0.29, 0.717) is 35.3 Å². The average Bonchev–Trinajstić information content (AvgIpc) is 3.79. The molecule has 9 nitrogen and oxygen atoms in total. The number of thiazole rings is 1. The molecule has 1 amide bonds. The largest absolute Gasteiger partial charge is 0.443 e. The first kappa shape index (κ1) is 25.1. The molecule has 2 atom stereocenters. The topological polar surface area (TPSA) is 111 Å². The maximum Gasteiger partial charge on any atom is 0.266 e. The number of amides is 1. The second-order valence-electron chi connectivity index (χ2n) is 9.69. The van der Waals surface area contributed by atoms with E-state index < -0.39 is 0 Å². The van der Waals surface area contributed by atoms with E-state index in [2.05, 4.69) is 44.6 Å². The lowest BCUT2D eigenvalue weighted by molar-refractivity contribution is 0.0735. The number of oxazole rings is 1. The Morgan fingerprint density at radius 3 is 2.69 bits per heavy atom. The molecule has 4 aromatic heterocycles. The van der Waals surface area contributed by atoms with Crippen molar-refractivity contribution in [1.82, 2.24) is 30.0 Å². The summed E-state index contributed by atoms with van der Waals surface area (Å²) in [7, 11) is 0. The molecule has 1 fully saturated rings. The molecule has 0 radical (unpaired) electrons. The van der Waals surface area contributed by atoms with E-state index in [4.69, 9.17) is 13.8 Å². The van der Waals surface area contributed by atoms with Gasteiger partial charge in [-0.15, -0.1) is 21.5 Å². The number of nitrogens with zero attached hydrogens (tertiary/aromatic N) is 6. The Morgan fingerprint density at radius 2 is 1.95 bits per heavy atom. The summed E-state index contributed by atoms with van der Waals surface area (Å²) in [4.78, 5) is 29.5. The molecule has 198 valence electrons. The number of pyridine rings is 1. The Hall–Kier alpha value is -4.18. The van der Waals surface area contributed by atoms with Crippen LogP contribution in [-0.2, 0) is 12.8 Å². The van der Waals surface area contributed by atoms with Crippen molar-refractivity contribution in [3.8, 4) is 23.2 Å². The first-order valence-corrected chi connectivity index (χ1v) is 14.0. The summed E-state index contributed by atoms with van der Waals surface area (Å²) in [5.74, 6) is 0.993. The Labute approximate surface area is 230 Å². The van der Waals surface area contributed by atoms with Crippen LogP contribution in [0, 0.1) is 0 Å². The zero-order valence-corrected chi connectivity index (χ0v) is 22.6. The molecular weight excluding hydrogens is 512 g/mol. The monoisotopic (exact) mass is 540 g/mol. The normalized spacial score (nSPS) is 16.1. The smallest absolute Gasteiger partial charge is 0.266 e. The van der Waals surface area contributed by atoms with Crippen LogP contribution in [0.2, 0.25) is 0 Å². The van der Waals surface area contributed by atoms with E-state index in [1.54, 1.807) is 29.7 Å². The van der Waals surface area contributed by atoms with Crippen molar-refractivity contribution in [2.75, 3.05) is 6.54 Å². The van der Waals surface area contributed by atoms with Crippen LogP contribution in [0.4, 0.5) is 0 Å². The third-order valence-corrected chi connectivity index (χ3v) is 7.92. The SMILES string of the molecule is CCc1csc(C2CCCN2C(=O)c2cc(-c3ncco3)nc(-c3nnc(C(C)Cc4ccccc4)o3)c2)n1. The quantitative estimate of drug-likeness (QED) is 0.231. The number of hydrogen-bond donors (Lipinski definition) is 0. The molecule has 0 aliphatic carbocycles. The van der Waals surface area contributed by atoms with E-state index in [9.17, 15) is 4.79 Å². The predicted molar refractivity (Wildman–Crippen MR) is 146 cm³/mol. The van der Waals surface area contributed by atoms with E-state index in [1.165, 1.54) is 11.8 Å². The summed E-state index contributed by atoms with van der Waals surface area (Å²) >= 11 is 1.62. The molecule has 6 rings (SSSR count). The maximum absolute atomic E-state index is 13.9. The second kappa shape index (κ2) is 10.9. The average molecular weight is 541 g/mol. The van der Waals surface area contributed by atoms with Gasteiger partial charge in [0.2, 0.25) is 11.8 Å². The fourth-order valence-electron chi connectivity index (χ4n) is 4.89. The number of carbonyl (C=O) groups is 1. The fourth-order valence-corrected chi connectivity index (χ4v) is 5.93. The zero-order valence-electron chi connectivity index (χ0n) is 21.8. The molecule has 10 heteroatoms. The Morgan fingerprint density at radius 1 is 1.13 bits per heavy atom. The number of benzene rings is 1. The van der Waals surface area contributed by atoms with E-state index in [-0.39, 0.29) is 23.8 Å². The van der Waals surface area contributed by atoms with Gasteiger partial charge in [0.05, 0.1) is 17.9 Å². The first-order chi connectivity index (χ1) is 19.1. The van der Waals surface area contributed by atoms with E-state index in [1.807, 2.05) is 30.0 Å². The molecule has 1 saturated heterocycles. The lowest BCUT2D eigenvalue weighted by Crippen LogP contribution is -2.30.